The highest BCUT2D eigenvalue weighted by Gasteiger charge is 2.19. The molecule has 1 amide bonds. The minimum Gasteiger partial charge on any atom is -0.383 e. The van der Waals surface area contributed by atoms with Crippen LogP contribution in [0, 0.1) is 0 Å². The molecule has 0 fully saturated rings. The average molecular weight is 398 g/mol. The molecule has 1 heterocycles. The van der Waals surface area contributed by atoms with E-state index in [1.807, 2.05) is 48.5 Å². The molecule has 0 saturated carbocycles. The second-order valence-corrected chi connectivity index (χ2v) is 7.64. The summed E-state index contributed by atoms with van der Waals surface area (Å²) in [5.74, 6) is -0.115. The van der Waals surface area contributed by atoms with Crippen LogP contribution in [0.1, 0.15) is 12.5 Å². The molecule has 0 saturated heterocycles. The third-order valence-corrected chi connectivity index (χ3v) is 5.36. The van der Waals surface area contributed by atoms with Gasteiger partial charge in [0.05, 0.1) is 29.3 Å². The summed E-state index contributed by atoms with van der Waals surface area (Å²) in [6, 6.07) is 17.0. The number of ether oxygens (including phenoxy) is 1. The fraction of sp³-hybridized carbons (Fsp3) is 0.286. The molecular formula is C21H23N3O3S. The van der Waals surface area contributed by atoms with Gasteiger partial charge in [-0.1, -0.05) is 54.2 Å². The summed E-state index contributed by atoms with van der Waals surface area (Å²) < 4.78 is 6.60. The first-order valence-electron chi connectivity index (χ1n) is 9.07. The number of amides is 1. The first kappa shape index (κ1) is 20.1. The maximum atomic E-state index is 13.1. The van der Waals surface area contributed by atoms with Gasteiger partial charge in [0.1, 0.15) is 0 Å². The van der Waals surface area contributed by atoms with Gasteiger partial charge in [0.15, 0.2) is 5.16 Å². The van der Waals surface area contributed by atoms with E-state index in [0.717, 1.165) is 5.56 Å². The van der Waals surface area contributed by atoms with Gasteiger partial charge >= 0.3 is 0 Å². The molecule has 28 heavy (non-hydrogen) atoms. The van der Waals surface area contributed by atoms with Crippen molar-refractivity contribution < 1.29 is 9.53 Å². The van der Waals surface area contributed by atoms with Gasteiger partial charge in [0.25, 0.3) is 5.56 Å². The van der Waals surface area contributed by atoms with Gasteiger partial charge in [-0.15, -0.1) is 0 Å². The molecule has 3 rings (SSSR count). The first-order valence-corrected chi connectivity index (χ1v) is 9.95. The molecule has 1 atom stereocenters. The molecule has 0 radical (unpaired) electrons. The fourth-order valence-corrected chi connectivity index (χ4v) is 3.71. The zero-order valence-electron chi connectivity index (χ0n) is 15.9. The third-order valence-electron chi connectivity index (χ3n) is 4.27. The van der Waals surface area contributed by atoms with Crippen molar-refractivity contribution in [3.8, 4) is 0 Å². The molecule has 7 heteroatoms. The Morgan fingerprint density at radius 3 is 2.64 bits per heavy atom. The minimum absolute atomic E-state index is 0.107. The second kappa shape index (κ2) is 9.52. The van der Waals surface area contributed by atoms with E-state index in [4.69, 9.17) is 4.74 Å². The number of thioether (sulfide) groups is 1. The van der Waals surface area contributed by atoms with E-state index in [9.17, 15) is 9.59 Å². The Labute approximate surface area is 167 Å². The number of aromatic nitrogens is 2. The van der Waals surface area contributed by atoms with Crippen LogP contribution in [0.3, 0.4) is 0 Å². The molecule has 146 valence electrons. The number of para-hydroxylation sites is 1. The predicted molar refractivity (Wildman–Crippen MR) is 112 cm³/mol. The Morgan fingerprint density at radius 1 is 1.18 bits per heavy atom. The summed E-state index contributed by atoms with van der Waals surface area (Å²) in [6.07, 6.45) is 0. The van der Waals surface area contributed by atoms with Crippen molar-refractivity contribution in [2.45, 2.75) is 23.9 Å². The van der Waals surface area contributed by atoms with Crippen molar-refractivity contribution in [3.05, 3.63) is 70.5 Å². The first-order chi connectivity index (χ1) is 13.6. The van der Waals surface area contributed by atoms with Crippen molar-refractivity contribution in [2.24, 2.45) is 0 Å². The lowest BCUT2D eigenvalue weighted by molar-refractivity contribution is -0.120. The Hall–Kier alpha value is -2.64. The van der Waals surface area contributed by atoms with E-state index in [2.05, 4.69) is 10.3 Å². The third kappa shape index (κ3) is 4.79. The molecule has 2 aromatic carbocycles. The summed E-state index contributed by atoms with van der Waals surface area (Å²) in [6.45, 7) is 3.11. The predicted octanol–water partition coefficient (Wildman–Crippen LogP) is 2.69. The van der Waals surface area contributed by atoms with E-state index >= 15 is 0 Å². The summed E-state index contributed by atoms with van der Waals surface area (Å²) in [5, 5.41) is 3.53. The highest BCUT2D eigenvalue weighted by molar-refractivity contribution is 8.00. The molecule has 0 bridgehead atoms. The molecule has 0 spiro atoms. The molecule has 1 N–H and O–H groups in total. The van der Waals surface area contributed by atoms with Gasteiger partial charge < -0.3 is 10.1 Å². The molecule has 6 nitrogen and oxygen atoms in total. The van der Waals surface area contributed by atoms with E-state index < -0.39 is 5.25 Å². The van der Waals surface area contributed by atoms with Gasteiger partial charge in [-0.25, -0.2) is 4.98 Å². The van der Waals surface area contributed by atoms with E-state index in [1.54, 1.807) is 24.7 Å². The number of hydrogen-bond donors (Lipinski definition) is 1. The molecular weight excluding hydrogens is 374 g/mol. The van der Waals surface area contributed by atoms with Gasteiger partial charge in [-0.05, 0) is 24.6 Å². The summed E-state index contributed by atoms with van der Waals surface area (Å²) in [4.78, 5) is 30.1. The zero-order chi connectivity index (χ0) is 19.9. The number of benzene rings is 2. The number of carbonyl (C=O) groups excluding carboxylic acids is 1. The van der Waals surface area contributed by atoms with Crippen LogP contribution in [0.15, 0.2) is 64.5 Å². The van der Waals surface area contributed by atoms with Crippen LogP contribution in [-0.2, 0) is 16.1 Å². The number of fused-ring (bicyclic) bond motifs is 1. The van der Waals surface area contributed by atoms with Crippen LogP contribution in [0.2, 0.25) is 0 Å². The molecule has 0 aliphatic heterocycles. The molecule has 0 aliphatic rings. The topological polar surface area (TPSA) is 73.2 Å². The van der Waals surface area contributed by atoms with Crippen LogP contribution < -0.4 is 10.9 Å². The average Bonchev–Trinajstić information content (AvgIpc) is 2.71. The van der Waals surface area contributed by atoms with Gasteiger partial charge in [0, 0.05) is 13.7 Å². The van der Waals surface area contributed by atoms with E-state index in [-0.39, 0.29) is 11.5 Å². The number of carbonyl (C=O) groups is 1. The highest BCUT2D eigenvalue weighted by atomic mass is 32.2. The lowest BCUT2D eigenvalue weighted by Crippen LogP contribution is -2.34. The number of methoxy groups -OCH3 is 1. The highest BCUT2D eigenvalue weighted by Crippen LogP contribution is 2.23. The Balaban J connectivity index is 1.94. The van der Waals surface area contributed by atoms with Crippen LogP contribution in [0.5, 0.6) is 0 Å². The normalized spacial score (nSPS) is 12.1. The van der Waals surface area contributed by atoms with Crippen molar-refractivity contribution in [1.29, 1.82) is 0 Å². The van der Waals surface area contributed by atoms with Crippen molar-refractivity contribution >= 4 is 28.6 Å². The Kier molecular flexibility index (Phi) is 6.84. The standard InChI is InChI=1S/C21H23N3O3S/c1-15(19(25)22-12-13-27-2)28-21-23-18-11-7-6-10-17(18)20(26)24(21)14-16-8-4-3-5-9-16/h3-11,15H,12-14H2,1-2H3,(H,22,25)/t15-/m0/s1. The van der Waals surface area contributed by atoms with Crippen LogP contribution in [0.25, 0.3) is 10.9 Å². The van der Waals surface area contributed by atoms with E-state index in [0.29, 0.717) is 35.8 Å². The maximum absolute atomic E-state index is 13.1. The quantitative estimate of drug-likeness (QED) is 0.359. The maximum Gasteiger partial charge on any atom is 0.262 e. The largest absolute Gasteiger partial charge is 0.383 e. The van der Waals surface area contributed by atoms with Gasteiger partial charge in [-0.3, -0.25) is 14.2 Å². The SMILES string of the molecule is COCCNC(=O)[C@H](C)Sc1nc2ccccc2c(=O)n1Cc1ccccc1. The monoisotopic (exact) mass is 397 g/mol. The van der Waals surface area contributed by atoms with Crippen molar-refractivity contribution in [1.82, 2.24) is 14.9 Å². The number of nitrogens with one attached hydrogen (secondary N) is 1. The number of rotatable bonds is 8. The van der Waals surface area contributed by atoms with E-state index in [1.165, 1.54) is 11.8 Å². The number of hydrogen-bond acceptors (Lipinski definition) is 5. The molecule has 0 aliphatic carbocycles. The van der Waals surface area contributed by atoms with Crippen LogP contribution in [-0.4, -0.2) is 41.0 Å². The summed E-state index contributed by atoms with van der Waals surface area (Å²) >= 11 is 1.28. The second-order valence-electron chi connectivity index (χ2n) is 6.33. The van der Waals surface area contributed by atoms with Crippen molar-refractivity contribution in [3.63, 3.8) is 0 Å². The Bertz CT molecular complexity index is 1000. The molecule has 1 aromatic heterocycles. The minimum atomic E-state index is -0.396. The van der Waals surface area contributed by atoms with Gasteiger partial charge in [0.2, 0.25) is 5.91 Å². The molecule has 0 unspecified atom stereocenters. The van der Waals surface area contributed by atoms with Gasteiger partial charge in [-0.2, -0.15) is 0 Å². The lowest BCUT2D eigenvalue weighted by atomic mass is 10.2. The van der Waals surface area contributed by atoms with Crippen LogP contribution in [0.4, 0.5) is 0 Å². The van der Waals surface area contributed by atoms with Crippen LogP contribution >= 0.6 is 11.8 Å². The zero-order valence-corrected chi connectivity index (χ0v) is 16.7. The summed E-state index contributed by atoms with van der Waals surface area (Å²) in [5.41, 5.74) is 1.52. The number of nitrogens with zero attached hydrogens (tertiary/aromatic N) is 2. The fourth-order valence-electron chi connectivity index (χ4n) is 2.77. The summed E-state index contributed by atoms with van der Waals surface area (Å²) in [7, 11) is 1.59. The van der Waals surface area contributed by atoms with Crippen molar-refractivity contribution in [2.75, 3.05) is 20.3 Å². The molecule has 3 aromatic rings. The smallest absolute Gasteiger partial charge is 0.262 e. The Morgan fingerprint density at radius 2 is 1.89 bits per heavy atom. The lowest BCUT2D eigenvalue weighted by Gasteiger charge is -2.16.